The van der Waals surface area contributed by atoms with Crippen molar-refractivity contribution in [3.05, 3.63) is 35.9 Å². The van der Waals surface area contributed by atoms with Gasteiger partial charge in [-0.3, -0.25) is 14.4 Å². The average molecular weight is 317 g/mol. The fourth-order valence-corrected chi connectivity index (χ4v) is 3.19. The van der Waals surface area contributed by atoms with Crippen molar-refractivity contribution in [2.24, 2.45) is 17.4 Å². The fourth-order valence-electron chi connectivity index (χ4n) is 3.19. The third kappa shape index (κ3) is 4.81. The molecule has 6 nitrogen and oxygen atoms in total. The largest absolute Gasteiger partial charge is 0.367 e. The zero-order chi connectivity index (χ0) is 16.8. The van der Waals surface area contributed by atoms with Crippen LogP contribution >= 0.6 is 0 Å². The lowest BCUT2D eigenvalue weighted by Gasteiger charge is -2.28. The zero-order valence-electron chi connectivity index (χ0n) is 13.0. The molecule has 6 heteroatoms. The van der Waals surface area contributed by atoms with Gasteiger partial charge in [0.05, 0.1) is 0 Å². The molecule has 1 aliphatic rings. The van der Waals surface area contributed by atoms with Crippen LogP contribution in [0.15, 0.2) is 30.3 Å². The second-order valence-corrected chi connectivity index (χ2v) is 6.14. The van der Waals surface area contributed by atoms with Crippen LogP contribution in [-0.2, 0) is 14.4 Å². The van der Waals surface area contributed by atoms with Crippen LogP contribution in [0.3, 0.4) is 0 Å². The summed E-state index contributed by atoms with van der Waals surface area (Å²) < 4.78 is 0. The van der Waals surface area contributed by atoms with Gasteiger partial charge < -0.3 is 16.8 Å². The van der Waals surface area contributed by atoms with E-state index in [1.807, 2.05) is 18.2 Å². The summed E-state index contributed by atoms with van der Waals surface area (Å²) in [4.78, 5) is 34.1. The fraction of sp³-hybridized carbons (Fsp3) is 0.471. The highest BCUT2D eigenvalue weighted by molar-refractivity contribution is 6.05. The van der Waals surface area contributed by atoms with Crippen molar-refractivity contribution < 1.29 is 14.4 Å². The standard InChI is InChI=1S/C17H23N3O3/c18-16(22)15(17(19)23)20-14(21)10-11-6-8-13(9-7-11)12-4-2-1-3-5-12/h1-5,11,13,15H,6-10H2,(H2,18,22)(H2,19,23)(H,20,21). The molecular formula is C17H23N3O3. The molecule has 0 bridgehead atoms. The van der Waals surface area contributed by atoms with Crippen molar-refractivity contribution in [2.75, 3.05) is 0 Å². The molecule has 0 atom stereocenters. The summed E-state index contributed by atoms with van der Waals surface area (Å²) in [5.41, 5.74) is 11.4. The smallest absolute Gasteiger partial charge is 0.249 e. The zero-order valence-corrected chi connectivity index (χ0v) is 13.0. The molecule has 0 aromatic heterocycles. The molecule has 1 aliphatic carbocycles. The van der Waals surface area contributed by atoms with Crippen molar-refractivity contribution in [1.82, 2.24) is 5.32 Å². The van der Waals surface area contributed by atoms with Crippen molar-refractivity contribution in [3.63, 3.8) is 0 Å². The maximum absolute atomic E-state index is 12.0. The SMILES string of the molecule is NC(=O)C(NC(=O)CC1CCC(c2ccccc2)CC1)C(N)=O. The van der Waals surface area contributed by atoms with Crippen LogP contribution in [0, 0.1) is 5.92 Å². The van der Waals surface area contributed by atoms with Gasteiger partial charge in [-0.25, -0.2) is 0 Å². The number of nitrogens with two attached hydrogens (primary N) is 2. The number of primary amides is 2. The monoisotopic (exact) mass is 317 g/mol. The lowest BCUT2D eigenvalue weighted by atomic mass is 9.77. The molecule has 5 N–H and O–H groups in total. The molecule has 23 heavy (non-hydrogen) atoms. The third-order valence-corrected chi connectivity index (χ3v) is 4.47. The van der Waals surface area contributed by atoms with E-state index in [1.54, 1.807) is 0 Å². The Morgan fingerprint density at radius 2 is 1.57 bits per heavy atom. The summed E-state index contributed by atoms with van der Waals surface area (Å²) in [5, 5.41) is 2.32. The molecule has 3 amide bonds. The van der Waals surface area contributed by atoms with E-state index in [4.69, 9.17) is 11.5 Å². The number of carbonyl (C=O) groups is 3. The van der Waals surface area contributed by atoms with Gasteiger partial charge in [0.15, 0.2) is 6.04 Å². The minimum absolute atomic E-state index is 0.261. The second-order valence-electron chi connectivity index (χ2n) is 6.14. The summed E-state index contributed by atoms with van der Waals surface area (Å²) in [6, 6.07) is 8.95. The summed E-state index contributed by atoms with van der Waals surface area (Å²) in [6.07, 6.45) is 4.27. The summed E-state index contributed by atoms with van der Waals surface area (Å²) in [7, 11) is 0. The van der Waals surface area contributed by atoms with E-state index in [1.165, 1.54) is 5.56 Å². The molecule has 0 spiro atoms. The normalized spacial score (nSPS) is 20.9. The number of benzene rings is 1. The summed E-state index contributed by atoms with van der Waals surface area (Å²) >= 11 is 0. The predicted octanol–water partition coefficient (Wildman–Crippen LogP) is 0.806. The van der Waals surface area contributed by atoms with Crippen LogP contribution in [0.2, 0.25) is 0 Å². The van der Waals surface area contributed by atoms with Crippen molar-refractivity contribution >= 4 is 17.7 Å². The van der Waals surface area contributed by atoms with E-state index in [2.05, 4.69) is 17.4 Å². The van der Waals surface area contributed by atoms with Gasteiger partial charge in [0.2, 0.25) is 17.7 Å². The van der Waals surface area contributed by atoms with Crippen LogP contribution in [0.1, 0.15) is 43.6 Å². The number of carbonyl (C=O) groups excluding carboxylic acids is 3. The van der Waals surface area contributed by atoms with Gasteiger partial charge in [0, 0.05) is 6.42 Å². The Bertz CT molecular complexity index is 552. The highest BCUT2D eigenvalue weighted by atomic mass is 16.2. The van der Waals surface area contributed by atoms with Crippen LogP contribution in [-0.4, -0.2) is 23.8 Å². The Hall–Kier alpha value is -2.37. The number of rotatable bonds is 6. The molecule has 0 heterocycles. The van der Waals surface area contributed by atoms with Gasteiger partial charge in [-0.2, -0.15) is 0 Å². The molecule has 2 rings (SSSR count). The van der Waals surface area contributed by atoms with Gasteiger partial charge in [-0.05, 0) is 43.1 Å². The van der Waals surface area contributed by atoms with Crippen LogP contribution in [0.5, 0.6) is 0 Å². The molecule has 0 aliphatic heterocycles. The minimum Gasteiger partial charge on any atom is -0.367 e. The maximum Gasteiger partial charge on any atom is 0.249 e. The first kappa shape index (κ1) is 17.0. The lowest BCUT2D eigenvalue weighted by molar-refractivity contribution is -0.134. The van der Waals surface area contributed by atoms with Crippen LogP contribution < -0.4 is 16.8 Å². The first-order chi connectivity index (χ1) is 11.0. The highest BCUT2D eigenvalue weighted by Crippen LogP contribution is 2.36. The quantitative estimate of drug-likeness (QED) is 0.674. The van der Waals surface area contributed by atoms with Crippen molar-refractivity contribution in [3.8, 4) is 0 Å². The van der Waals surface area contributed by atoms with E-state index < -0.39 is 17.9 Å². The Morgan fingerprint density at radius 1 is 1.00 bits per heavy atom. The van der Waals surface area contributed by atoms with E-state index >= 15 is 0 Å². The molecular weight excluding hydrogens is 294 g/mol. The van der Waals surface area contributed by atoms with Crippen LogP contribution in [0.25, 0.3) is 0 Å². The van der Waals surface area contributed by atoms with Gasteiger partial charge >= 0.3 is 0 Å². The van der Waals surface area contributed by atoms with Crippen molar-refractivity contribution in [2.45, 2.75) is 44.1 Å². The summed E-state index contributed by atoms with van der Waals surface area (Å²) in [5.74, 6) is -1.41. The maximum atomic E-state index is 12.0. The molecule has 0 saturated heterocycles. The van der Waals surface area contributed by atoms with Gasteiger partial charge in [-0.15, -0.1) is 0 Å². The van der Waals surface area contributed by atoms with Gasteiger partial charge in [-0.1, -0.05) is 30.3 Å². The molecule has 124 valence electrons. The Kier molecular flexibility index (Phi) is 5.73. The van der Waals surface area contributed by atoms with Gasteiger partial charge in [0.1, 0.15) is 0 Å². The lowest BCUT2D eigenvalue weighted by Crippen LogP contribution is -2.52. The first-order valence-electron chi connectivity index (χ1n) is 7.90. The van der Waals surface area contributed by atoms with E-state index in [0.717, 1.165) is 25.7 Å². The van der Waals surface area contributed by atoms with Crippen molar-refractivity contribution in [1.29, 1.82) is 0 Å². The Morgan fingerprint density at radius 3 is 2.09 bits per heavy atom. The topological polar surface area (TPSA) is 115 Å². The number of nitrogens with one attached hydrogen (secondary N) is 1. The Labute approximate surface area is 135 Å². The highest BCUT2D eigenvalue weighted by Gasteiger charge is 2.27. The average Bonchev–Trinajstić information content (AvgIpc) is 2.53. The number of hydrogen-bond donors (Lipinski definition) is 3. The molecule has 0 radical (unpaired) electrons. The predicted molar refractivity (Wildman–Crippen MR) is 86.1 cm³/mol. The van der Waals surface area contributed by atoms with Crippen LogP contribution in [0.4, 0.5) is 0 Å². The molecule has 1 saturated carbocycles. The molecule has 1 fully saturated rings. The van der Waals surface area contributed by atoms with E-state index in [-0.39, 0.29) is 11.8 Å². The Balaban J connectivity index is 1.81. The minimum atomic E-state index is -1.43. The second kappa shape index (κ2) is 7.76. The number of hydrogen-bond acceptors (Lipinski definition) is 3. The van der Waals surface area contributed by atoms with E-state index in [0.29, 0.717) is 12.3 Å². The molecule has 1 aromatic rings. The number of amides is 3. The molecule has 0 unspecified atom stereocenters. The third-order valence-electron chi connectivity index (χ3n) is 4.47. The first-order valence-corrected chi connectivity index (χ1v) is 7.90. The summed E-state index contributed by atoms with van der Waals surface area (Å²) in [6.45, 7) is 0. The molecule has 1 aromatic carbocycles. The van der Waals surface area contributed by atoms with Gasteiger partial charge in [0.25, 0.3) is 0 Å². The van der Waals surface area contributed by atoms with E-state index in [9.17, 15) is 14.4 Å².